The fourth-order valence-corrected chi connectivity index (χ4v) is 3.51. The van der Waals surface area contributed by atoms with E-state index in [-0.39, 0.29) is 12.3 Å². The van der Waals surface area contributed by atoms with Gasteiger partial charge in [0.25, 0.3) is 5.91 Å². The van der Waals surface area contributed by atoms with Crippen molar-refractivity contribution >= 4 is 29.3 Å². The second-order valence-electron chi connectivity index (χ2n) is 6.21. The van der Waals surface area contributed by atoms with Crippen molar-refractivity contribution in [2.75, 3.05) is 11.1 Å². The van der Waals surface area contributed by atoms with E-state index in [1.54, 1.807) is 12.1 Å². The van der Waals surface area contributed by atoms with Crippen LogP contribution < -0.4 is 11.1 Å². The number of primary amides is 1. The van der Waals surface area contributed by atoms with E-state index in [0.29, 0.717) is 22.7 Å². The summed E-state index contributed by atoms with van der Waals surface area (Å²) in [6, 6.07) is 14.0. The van der Waals surface area contributed by atoms with Crippen LogP contribution in [0.4, 0.5) is 18.9 Å². The predicted octanol–water partition coefficient (Wildman–Crippen LogP) is 4.11. The number of hydrogen-bond acceptors (Lipinski definition) is 4. The molecular weight excluding hydrogens is 417 g/mol. The maximum Gasteiger partial charge on any atom is 0.435 e. The predicted molar refractivity (Wildman–Crippen MR) is 107 cm³/mol. The van der Waals surface area contributed by atoms with Crippen molar-refractivity contribution in [2.24, 2.45) is 5.73 Å². The lowest BCUT2D eigenvalue weighted by Gasteiger charge is -2.11. The molecule has 0 radical (unpaired) electrons. The molecule has 0 atom stereocenters. The molecule has 1 heterocycles. The van der Waals surface area contributed by atoms with E-state index in [4.69, 9.17) is 5.73 Å². The normalized spacial score (nSPS) is 11.3. The number of benzene rings is 2. The molecule has 0 aliphatic rings. The quantitative estimate of drug-likeness (QED) is 0.548. The Morgan fingerprint density at radius 2 is 1.77 bits per heavy atom. The second-order valence-corrected chi connectivity index (χ2v) is 7.34. The summed E-state index contributed by atoms with van der Waals surface area (Å²) < 4.78 is 39.2. The first kappa shape index (κ1) is 21.4. The van der Waals surface area contributed by atoms with Gasteiger partial charge in [-0.1, -0.05) is 12.1 Å². The molecule has 0 saturated carbocycles. The van der Waals surface area contributed by atoms with Gasteiger partial charge in [-0.15, -0.1) is 11.8 Å². The molecular formula is C20H17F3N4O2S. The third kappa shape index (κ3) is 5.41. The number of para-hydroxylation sites is 1. The van der Waals surface area contributed by atoms with Crippen molar-refractivity contribution in [3.63, 3.8) is 0 Å². The number of amides is 2. The van der Waals surface area contributed by atoms with Crippen molar-refractivity contribution < 1.29 is 22.8 Å². The van der Waals surface area contributed by atoms with E-state index in [1.807, 2.05) is 12.1 Å². The first-order chi connectivity index (χ1) is 14.2. The van der Waals surface area contributed by atoms with E-state index < -0.39 is 17.8 Å². The molecule has 3 N–H and O–H groups in total. The van der Waals surface area contributed by atoms with E-state index in [0.717, 1.165) is 15.6 Å². The van der Waals surface area contributed by atoms with Crippen molar-refractivity contribution in [3.05, 3.63) is 72.1 Å². The van der Waals surface area contributed by atoms with Crippen LogP contribution in [-0.4, -0.2) is 27.3 Å². The number of nitrogens with one attached hydrogen (secondary N) is 1. The average Bonchev–Trinajstić information content (AvgIpc) is 3.20. The van der Waals surface area contributed by atoms with Crippen LogP contribution in [0.2, 0.25) is 0 Å². The first-order valence-corrected chi connectivity index (χ1v) is 9.77. The molecule has 3 aromatic rings. The van der Waals surface area contributed by atoms with Gasteiger partial charge in [0.2, 0.25) is 5.91 Å². The topological polar surface area (TPSA) is 90.0 Å². The molecule has 6 nitrogen and oxygen atoms in total. The van der Waals surface area contributed by atoms with Crippen LogP contribution >= 0.6 is 11.8 Å². The van der Waals surface area contributed by atoms with Crippen LogP contribution in [0.5, 0.6) is 0 Å². The highest BCUT2D eigenvalue weighted by molar-refractivity contribution is 7.99. The van der Waals surface area contributed by atoms with Crippen LogP contribution in [0, 0.1) is 0 Å². The largest absolute Gasteiger partial charge is 0.435 e. The molecule has 0 fully saturated rings. The zero-order chi connectivity index (χ0) is 21.7. The molecule has 30 heavy (non-hydrogen) atoms. The first-order valence-electron chi connectivity index (χ1n) is 8.79. The zero-order valence-corrected chi connectivity index (χ0v) is 16.3. The molecule has 156 valence electrons. The number of carbonyl (C=O) groups excluding carboxylic acids is 2. The van der Waals surface area contributed by atoms with Gasteiger partial charge >= 0.3 is 6.18 Å². The summed E-state index contributed by atoms with van der Waals surface area (Å²) in [5.41, 5.74) is 5.46. The van der Waals surface area contributed by atoms with Crippen molar-refractivity contribution in [2.45, 2.75) is 17.5 Å². The standard InChI is InChI=1S/C20H17F3N4O2S/c21-20(22,23)17-9-11-27(26-17)14-7-5-13(6-8-14)19(29)25-15-3-1-2-4-16(15)30-12-10-18(24)28/h1-9,11H,10,12H2,(H2,24,28)(H,25,29). The van der Waals surface area contributed by atoms with Gasteiger partial charge < -0.3 is 11.1 Å². The molecule has 10 heteroatoms. The number of hydrogen-bond donors (Lipinski definition) is 2. The number of carbonyl (C=O) groups is 2. The highest BCUT2D eigenvalue weighted by Gasteiger charge is 2.33. The molecule has 3 rings (SSSR count). The minimum Gasteiger partial charge on any atom is -0.370 e. The minimum atomic E-state index is -4.52. The smallest absolute Gasteiger partial charge is 0.370 e. The Kier molecular flexibility index (Phi) is 6.46. The highest BCUT2D eigenvalue weighted by atomic mass is 32.2. The number of alkyl halides is 3. The molecule has 0 spiro atoms. The molecule has 0 aliphatic carbocycles. The fourth-order valence-electron chi connectivity index (χ4n) is 2.54. The minimum absolute atomic E-state index is 0.220. The summed E-state index contributed by atoms with van der Waals surface area (Å²) in [4.78, 5) is 24.3. The lowest BCUT2D eigenvalue weighted by Crippen LogP contribution is -2.13. The monoisotopic (exact) mass is 434 g/mol. The maximum atomic E-state index is 12.7. The molecule has 2 amide bonds. The molecule has 0 aliphatic heterocycles. The van der Waals surface area contributed by atoms with E-state index >= 15 is 0 Å². The van der Waals surface area contributed by atoms with Crippen molar-refractivity contribution in [3.8, 4) is 5.69 Å². The Morgan fingerprint density at radius 1 is 1.07 bits per heavy atom. The second kappa shape index (κ2) is 9.04. The Balaban J connectivity index is 1.70. The summed E-state index contributed by atoms with van der Waals surface area (Å²) in [6.45, 7) is 0. The van der Waals surface area contributed by atoms with Gasteiger partial charge in [-0.2, -0.15) is 18.3 Å². The Bertz CT molecular complexity index is 1050. The number of rotatable bonds is 7. The van der Waals surface area contributed by atoms with Crippen LogP contribution in [0.1, 0.15) is 22.5 Å². The van der Waals surface area contributed by atoms with E-state index in [2.05, 4.69) is 10.4 Å². The maximum absolute atomic E-state index is 12.7. The Morgan fingerprint density at radius 3 is 2.40 bits per heavy atom. The Hall–Kier alpha value is -3.27. The highest BCUT2D eigenvalue weighted by Crippen LogP contribution is 2.29. The molecule has 2 aromatic carbocycles. The van der Waals surface area contributed by atoms with Gasteiger partial charge in [0, 0.05) is 28.8 Å². The van der Waals surface area contributed by atoms with Gasteiger partial charge in [0.05, 0.1) is 11.4 Å². The molecule has 0 saturated heterocycles. The summed E-state index contributed by atoms with van der Waals surface area (Å²) >= 11 is 1.40. The molecule has 1 aromatic heterocycles. The van der Waals surface area contributed by atoms with E-state index in [9.17, 15) is 22.8 Å². The van der Waals surface area contributed by atoms with Crippen molar-refractivity contribution in [1.82, 2.24) is 9.78 Å². The number of anilines is 1. The van der Waals surface area contributed by atoms with Gasteiger partial charge in [0.1, 0.15) is 0 Å². The van der Waals surface area contributed by atoms with Crippen LogP contribution in [0.3, 0.4) is 0 Å². The Labute approximate surface area is 174 Å². The summed E-state index contributed by atoms with van der Waals surface area (Å²) in [5.74, 6) is -0.287. The lowest BCUT2D eigenvalue weighted by molar-refractivity contribution is -0.141. The summed E-state index contributed by atoms with van der Waals surface area (Å²) in [6.07, 6.45) is -3.09. The van der Waals surface area contributed by atoms with Gasteiger partial charge in [-0.25, -0.2) is 4.68 Å². The van der Waals surface area contributed by atoms with Crippen LogP contribution in [-0.2, 0) is 11.0 Å². The SMILES string of the molecule is NC(=O)CCSc1ccccc1NC(=O)c1ccc(-n2ccc(C(F)(F)F)n2)cc1. The summed E-state index contributed by atoms with van der Waals surface area (Å²) in [7, 11) is 0. The number of nitrogens with zero attached hydrogens (tertiary/aromatic N) is 2. The van der Waals surface area contributed by atoms with Gasteiger partial charge in [-0.3, -0.25) is 9.59 Å². The molecule has 0 unspecified atom stereocenters. The average molecular weight is 434 g/mol. The third-order valence-electron chi connectivity index (χ3n) is 4.01. The van der Waals surface area contributed by atoms with Gasteiger partial charge in [0.15, 0.2) is 5.69 Å². The number of thioether (sulfide) groups is 1. The zero-order valence-electron chi connectivity index (χ0n) is 15.5. The third-order valence-corrected chi connectivity index (χ3v) is 5.09. The number of halogens is 3. The molecule has 0 bridgehead atoms. The van der Waals surface area contributed by atoms with Crippen molar-refractivity contribution in [1.29, 1.82) is 0 Å². The van der Waals surface area contributed by atoms with Crippen LogP contribution in [0.15, 0.2) is 65.7 Å². The lowest BCUT2D eigenvalue weighted by atomic mass is 10.2. The number of aromatic nitrogens is 2. The summed E-state index contributed by atoms with van der Waals surface area (Å²) in [5, 5.41) is 6.30. The fraction of sp³-hybridized carbons (Fsp3) is 0.150. The van der Waals surface area contributed by atoms with E-state index in [1.165, 1.54) is 42.2 Å². The van der Waals surface area contributed by atoms with Gasteiger partial charge in [-0.05, 0) is 42.5 Å². The number of nitrogens with two attached hydrogens (primary N) is 1. The van der Waals surface area contributed by atoms with Crippen LogP contribution in [0.25, 0.3) is 5.69 Å².